The number of ether oxygens (including phenoxy) is 2. The van der Waals surface area contributed by atoms with Gasteiger partial charge in [-0.2, -0.15) is 17.6 Å². The van der Waals surface area contributed by atoms with E-state index in [0.717, 1.165) is 0 Å². The van der Waals surface area contributed by atoms with Crippen LogP contribution in [-0.4, -0.2) is 103 Å². The zero-order valence-corrected chi connectivity index (χ0v) is 26.5. The van der Waals surface area contributed by atoms with Crippen molar-refractivity contribution in [3.8, 4) is 0 Å². The molecule has 3 aliphatic heterocycles. The number of nitrogens with one attached hydrogen (secondary N) is 1. The number of nitrogens with two attached hydrogens (primary N) is 2. The van der Waals surface area contributed by atoms with Gasteiger partial charge in [0, 0.05) is 5.92 Å². The maximum Gasteiger partial charge on any atom is 0.472 e. The minimum absolute atomic E-state index is 0.0247. The molecule has 0 amide bonds. The highest BCUT2D eigenvalue weighted by Gasteiger charge is 2.54. The van der Waals surface area contributed by atoms with Crippen LogP contribution in [0.2, 0.25) is 0 Å². The van der Waals surface area contributed by atoms with Crippen molar-refractivity contribution in [2.45, 2.75) is 49.4 Å². The van der Waals surface area contributed by atoms with Gasteiger partial charge < -0.3 is 35.8 Å². The van der Waals surface area contributed by atoms with E-state index in [-0.39, 0.29) is 46.3 Å². The van der Waals surface area contributed by atoms with E-state index in [0.29, 0.717) is 0 Å². The first-order valence-corrected chi connectivity index (χ1v) is 17.5. The lowest BCUT2D eigenvalue weighted by Gasteiger charge is -2.26. The highest BCUT2D eigenvalue weighted by molar-refractivity contribution is 7.80. The molecule has 0 spiro atoms. The van der Waals surface area contributed by atoms with Crippen molar-refractivity contribution in [1.29, 1.82) is 0 Å². The summed E-state index contributed by atoms with van der Waals surface area (Å²) in [5.74, 6) is -0.721. The number of fused-ring (bicyclic) bond motifs is 5. The number of thiol groups is 1. The maximum absolute atomic E-state index is 13.5. The molecule has 0 aromatic carbocycles. The van der Waals surface area contributed by atoms with Crippen LogP contribution in [0, 0.1) is 5.92 Å². The molecule has 8 N–H and O–H groups in total. The molecule has 47 heavy (non-hydrogen) atoms. The number of nitrogen functional groups attached to an aromatic ring is 2. The van der Waals surface area contributed by atoms with E-state index in [1.807, 2.05) is 0 Å². The third-order valence-corrected chi connectivity index (χ3v) is 10.2. The number of rotatable bonds is 4. The number of aliphatic hydroxyl groups is 1. The Hall–Kier alpha value is -3.05. The Morgan fingerprint density at radius 2 is 1.55 bits per heavy atom. The zero-order chi connectivity index (χ0) is 33.2. The Morgan fingerprint density at radius 3 is 2.28 bits per heavy atom. The number of nitrogens with zero attached hydrogens (tertiary/aromatic N) is 7. The lowest BCUT2D eigenvalue weighted by atomic mass is 9.95. The van der Waals surface area contributed by atoms with Crippen molar-refractivity contribution < 1.29 is 51.6 Å². The van der Waals surface area contributed by atoms with E-state index in [2.05, 4.69) is 42.5 Å². The van der Waals surface area contributed by atoms with Gasteiger partial charge in [0.25, 0.3) is 5.56 Å². The summed E-state index contributed by atoms with van der Waals surface area (Å²) in [5.41, 5.74) is 11.2. The first-order valence-electron chi connectivity index (χ1n) is 13.9. The number of hydrogen-bond donors (Lipinski definition) is 7. The van der Waals surface area contributed by atoms with Crippen molar-refractivity contribution in [3.63, 3.8) is 0 Å². The van der Waals surface area contributed by atoms with Crippen molar-refractivity contribution >= 4 is 62.4 Å². The van der Waals surface area contributed by atoms with Crippen molar-refractivity contribution in [2.24, 2.45) is 5.92 Å². The number of aliphatic hydroxyl groups excluding tert-OH is 1. The molecule has 3 aliphatic rings. The first kappa shape index (κ1) is 32.5. The first-order chi connectivity index (χ1) is 22.4. The highest BCUT2D eigenvalue weighted by atomic mass is 32.1. The topological polar surface area (TPSA) is 309 Å². The van der Waals surface area contributed by atoms with E-state index in [9.17, 15) is 28.8 Å². The second kappa shape index (κ2) is 12.1. The Bertz CT molecular complexity index is 1980. The number of hydrogen-bond acceptors (Lipinski definition) is 18. The average Bonchev–Trinajstić information content (AvgIpc) is 3.76. The molecular formula is C22H28N10O12P2S. The number of H-pyrrole nitrogens is 1. The van der Waals surface area contributed by atoms with Gasteiger partial charge in [-0.1, -0.05) is 0 Å². The summed E-state index contributed by atoms with van der Waals surface area (Å²) in [5, 5.41) is 11.2. The van der Waals surface area contributed by atoms with Gasteiger partial charge in [-0.3, -0.25) is 37.0 Å². The van der Waals surface area contributed by atoms with Gasteiger partial charge in [-0.25, -0.2) is 29.1 Å². The van der Waals surface area contributed by atoms with E-state index in [4.69, 9.17) is 39.0 Å². The molecule has 0 saturated carbocycles. The summed E-state index contributed by atoms with van der Waals surface area (Å²) in [6, 6.07) is 0. The van der Waals surface area contributed by atoms with Gasteiger partial charge in [0.15, 0.2) is 35.1 Å². The van der Waals surface area contributed by atoms with Gasteiger partial charge in [0.05, 0.1) is 32.0 Å². The van der Waals surface area contributed by atoms with Gasteiger partial charge in [-0.05, 0) is 12.2 Å². The molecule has 22 nitrogen and oxygen atoms in total. The standard InChI is InChI=1S/C22H28N10O12P2S/c23-16-11-17(26-5-25-16)31(6-27-11)20-13(33)15-10(42-20)4-40-45(35,36)43-14-8(1-2-47)9(3-39-46(37,38)44-15)41-21(14)32-7-28-12-18(32)29-22(24)30-19(12)34/h5-10,13-15,20-21,33,47H,1-4H2,(H,35,36)(H,37,38)(H2,23,25,26)(H3,24,29,30,34)/t8?,9-,10-,13+,14?,15?,20-,21-/m1/s1. The van der Waals surface area contributed by atoms with Crippen LogP contribution in [0.15, 0.2) is 23.8 Å². The number of anilines is 2. The summed E-state index contributed by atoms with van der Waals surface area (Å²) in [7, 11) is -9.99. The van der Waals surface area contributed by atoms with Gasteiger partial charge in [0.2, 0.25) is 5.95 Å². The van der Waals surface area contributed by atoms with Crippen LogP contribution in [0.5, 0.6) is 0 Å². The fourth-order valence-corrected chi connectivity index (χ4v) is 8.13. The Labute approximate surface area is 268 Å². The van der Waals surface area contributed by atoms with Crippen LogP contribution in [0.3, 0.4) is 0 Å². The largest absolute Gasteiger partial charge is 0.472 e. The lowest BCUT2D eigenvalue weighted by molar-refractivity contribution is -0.0671. The van der Waals surface area contributed by atoms with Crippen LogP contribution in [0.1, 0.15) is 18.9 Å². The monoisotopic (exact) mass is 718 g/mol. The van der Waals surface area contributed by atoms with E-state index in [1.165, 1.54) is 28.1 Å². The van der Waals surface area contributed by atoms with Gasteiger partial charge in [0.1, 0.15) is 36.3 Å². The minimum Gasteiger partial charge on any atom is -0.386 e. The van der Waals surface area contributed by atoms with Crippen LogP contribution >= 0.6 is 28.3 Å². The quantitative estimate of drug-likeness (QED) is 0.101. The Morgan fingerprint density at radius 1 is 0.915 bits per heavy atom. The summed E-state index contributed by atoms with van der Waals surface area (Å²) in [6.07, 6.45) is -5.85. The molecule has 3 fully saturated rings. The molecule has 10 atom stereocenters. The molecule has 5 unspecified atom stereocenters. The third kappa shape index (κ3) is 5.96. The number of phosphoric ester groups is 2. The summed E-state index contributed by atoms with van der Waals surface area (Å²) in [4.78, 5) is 56.8. The zero-order valence-electron chi connectivity index (χ0n) is 23.8. The number of aromatic nitrogens is 8. The minimum atomic E-state index is -5.00. The molecule has 254 valence electrons. The fraction of sp³-hybridized carbons (Fsp3) is 0.545. The molecule has 2 bridgehead atoms. The molecule has 0 aliphatic carbocycles. The van der Waals surface area contributed by atoms with Crippen LogP contribution in [0.4, 0.5) is 11.8 Å². The molecule has 4 aromatic heterocycles. The van der Waals surface area contributed by atoms with Crippen LogP contribution in [-0.2, 0) is 36.7 Å². The second-order valence-corrected chi connectivity index (χ2v) is 14.1. The average molecular weight is 719 g/mol. The fourth-order valence-electron chi connectivity index (χ4n) is 5.90. The summed E-state index contributed by atoms with van der Waals surface area (Å²) < 4.78 is 63.1. The predicted octanol–water partition coefficient (Wildman–Crippen LogP) is -0.766. The highest BCUT2D eigenvalue weighted by Crippen LogP contribution is 2.55. The van der Waals surface area contributed by atoms with Crippen LogP contribution < -0.4 is 17.0 Å². The normalized spacial score (nSPS) is 36.6. The molecule has 7 rings (SSSR count). The number of phosphoric acid groups is 2. The van der Waals surface area contributed by atoms with E-state index in [1.54, 1.807) is 0 Å². The Balaban J connectivity index is 1.23. The van der Waals surface area contributed by atoms with E-state index < -0.39 is 83.3 Å². The molecule has 0 radical (unpaired) electrons. The smallest absolute Gasteiger partial charge is 0.386 e. The summed E-state index contributed by atoms with van der Waals surface area (Å²) in [6.45, 7) is -1.35. The maximum atomic E-state index is 13.5. The SMILES string of the molecule is Nc1nc2c(ncn2[C@@H]2O[C@@H]3COP(=O)(O)OC4[C@@H](COP(=O)(O)OC2C3CCS)O[C@@H](n2cnc3c(N)ncnc32)[C@H]4O)c(=O)[nH]1. The Kier molecular flexibility index (Phi) is 8.38. The second-order valence-electron chi connectivity index (χ2n) is 10.8. The molecule has 25 heteroatoms. The molecule has 3 saturated heterocycles. The molecule has 7 heterocycles. The van der Waals surface area contributed by atoms with Crippen molar-refractivity contribution in [2.75, 3.05) is 30.4 Å². The van der Waals surface area contributed by atoms with Gasteiger partial charge in [-0.15, -0.1) is 0 Å². The predicted molar refractivity (Wildman–Crippen MR) is 159 cm³/mol. The molecular weight excluding hydrogens is 690 g/mol. The lowest BCUT2D eigenvalue weighted by Crippen LogP contribution is -2.36. The van der Waals surface area contributed by atoms with Crippen molar-refractivity contribution in [3.05, 3.63) is 29.3 Å². The van der Waals surface area contributed by atoms with Crippen molar-refractivity contribution in [1.82, 2.24) is 39.0 Å². The third-order valence-electron chi connectivity index (χ3n) is 7.97. The number of imidazole rings is 2. The number of aromatic amines is 1. The summed E-state index contributed by atoms with van der Waals surface area (Å²) >= 11 is 4.29. The van der Waals surface area contributed by atoms with E-state index >= 15 is 0 Å². The van der Waals surface area contributed by atoms with Gasteiger partial charge >= 0.3 is 15.6 Å². The van der Waals surface area contributed by atoms with Crippen LogP contribution in [0.25, 0.3) is 22.3 Å². The molecule has 4 aromatic rings.